The van der Waals surface area contributed by atoms with Crippen LogP contribution in [0.3, 0.4) is 0 Å². The molecule has 8 heteroatoms. The van der Waals surface area contributed by atoms with Crippen molar-refractivity contribution in [2.24, 2.45) is 0 Å². The second-order valence-corrected chi connectivity index (χ2v) is 7.34. The number of carbonyl (C=O) groups is 1. The number of aryl methyl sites for hydroxylation is 3. The van der Waals surface area contributed by atoms with Gasteiger partial charge in [0.1, 0.15) is 5.69 Å². The lowest BCUT2D eigenvalue weighted by molar-refractivity contribution is 0.102. The van der Waals surface area contributed by atoms with Gasteiger partial charge in [0.25, 0.3) is 5.56 Å². The Morgan fingerprint density at radius 3 is 2.74 bits per heavy atom. The maximum atomic E-state index is 12.3. The van der Waals surface area contributed by atoms with Crippen LogP contribution in [0, 0.1) is 20.8 Å². The van der Waals surface area contributed by atoms with E-state index in [2.05, 4.69) is 15.3 Å². The van der Waals surface area contributed by atoms with Crippen molar-refractivity contribution in [2.45, 2.75) is 25.1 Å². The van der Waals surface area contributed by atoms with E-state index < -0.39 is 0 Å². The number of Topliss-reactive ketones (excluding diaryl/α,β-unsaturated/α-hetero) is 1. The summed E-state index contributed by atoms with van der Waals surface area (Å²) in [5.41, 5.74) is 2.97. The van der Waals surface area contributed by atoms with Crippen molar-refractivity contribution in [3.63, 3.8) is 0 Å². The second-order valence-electron chi connectivity index (χ2n) is 5.16. The largest absolute Gasteiger partial charge is 0.296 e. The van der Waals surface area contributed by atoms with Crippen molar-refractivity contribution in [3.05, 3.63) is 50.9 Å². The van der Waals surface area contributed by atoms with Crippen molar-refractivity contribution in [3.8, 4) is 0 Å². The molecule has 0 aliphatic heterocycles. The number of hydrogen-bond donors (Lipinski definition) is 0. The summed E-state index contributed by atoms with van der Waals surface area (Å²) in [6, 6.07) is 5.68. The maximum absolute atomic E-state index is 12.3. The molecule has 2 aromatic heterocycles. The first-order valence-corrected chi connectivity index (χ1v) is 8.72. The van der Waals surface area contributed by atoms with Crippen LogP contribution in [0.2, 0.25) is 0 Å². The molecule has 118 valence electrons. The molecule has 1 aromatic carbocycles. The number of nitrogens with zero attached hydrogens (tertiary/aromatic N) is 4. The van der Waals surface area contributed by atoms with Gasteiger partial charge < -0.3 is 0 Å². The molecule has 0 atom stereocenters. The van der Waals surface area contributed by atoms with Crippen molar-refractivity contribution in [1.82, 2.24) is 19.8 Å². The lowest BCUT2D eigenvalue weighted by Crippen LogP contribution is -2.19. The Balaban J connectivity index is 1.77. The molecule has 0 saturated carbocycles. The molecule has 0 fully saturated rings. The van der Waals surface area contributed by atoms with Gasteiger partial charge in [0.15, 0.2) is 10.1 Å². The molecule has 0 saturated heterocycles. The maximum Gasteiger partial charge on any atom is 0.296 e. The zero-order chi connectivity index (χ0) is 16.6. The van der Waals surface area contributed by atoms with Gasteiger partial charge in [-0.25, -0.2) is 0 Å². The smallest absolute Gasteiger partial charge is 0.293 e. The molecule has 23 heavy (non-hydrogen) atoms. The number of fused-ring (bicyclic) bond motifs is 1. The summed E-state index contributed by atoms with van der Waals surface area (Å²) in [4.78, 5) is 24.6. The van der Waals surface area contributed by atoms with Crippen LogP contribution in [0.5, 0.6) is 0 Å². The highest BCUT2D eigenvalue weighted by Crippen LogP contribution is 2.24. The van der Waals surface area contributed by atoms with E-state index >= 15 is 0 Å². The van der Waals surface area contributed by atoms with Gasteiger partial charge >= 0.3 is 0 Å². The Bertz CT molecular complexity index is 962. The molecule has 6 nitrogen and oxygen atoms in total. The van der Waals surface area contributed by atoms with Gasteiger partial charge in [-0.1, -0.05) is 35.2 Å². The lowest BCUT2D eigenvalue weighted by Gasteiger charge is -2.03. The fourth-order valence-electron chi connectivity index (χ4n) is 1.96. The van der Waals surface area contributed by atoms with Crippen LogP contribution < -0.4 is 5.56 Å². The summed E-state index contributed by atoms with van der Waals surface area (Å²) in [6.45, 7) is 5.59. The van der Waals surface area contributed by atoms with Gasteiger partial charge in [-0.05, 0) is 38.0 Å². The molecule has 3 aromatic rings. The normalized spacial score (nSPS) is 11.1. The molecular formula is C15H14N4O2S2. The Morgan fingerprint density at radius 1 is 1.22 bits per heavy atom. The highest BCUT2D eigenvalue weighted by atomic mass is 32.2. The third kappa shape index (κ3) is 3.18. The molecule has 0 radical (unpaired) electrons. The minimum Gasteiger partial charge on any atom is -0.293 e. The van der Waals surface area contributed by atoms with E-state index in [1.54, 1.807) is 6.92 Å². The van der Waals surface area contributed by atoms with Crippen LogP contribution in [0.1, 0.15) is 27.2 Å². The number of ketones is 1. The third-order valence-corrected chi connectivity index (χ3v) is 5.52. The second kappa shape index (κ2) is 6.21. The lowest BCUT2D eigenvalue weighted by atomic mass is 10.0. The third-order valence-electron chi connectivity index (χ3n) is 3.48. The van der Waals surface area contributed by atoms with E-state index in [9.17, 15) is 9.59 Å². The first kappa shape index (κ1) is 15.8. The fourth-order valence-corrected chi connectivity index (χ4v) is 3.73. The number of hydrogen-bond acceptors (Lipinski definition) is 7. The average molecular weight is 346 g/mol. The summed E-state index contributed by atoms with van der Waals surface area (Å²) >= 11 is 2.56. The molecule has 0 amide bonds. The van der Waals surface area contributed by atoms with Gasteiger partial charge in [-0.3, -0.25) is 9.59 Å². The first-order valence-electron chi connectivity index (χ1n) is 6.92. The van der Waals surface area contributed by atoms with E-state index in [0.717, 1.165) is 11.1 Å². The Morgan fingerprint density at radius 2 is 2.00 bits per heavy atom. The Kier molecular flexibility index (Phi) is 4.27. The zero-order valence-corrected chi connectivity index (χ0v) is 14.5. The summed E-state index contributed by atoms with van der Waals surface area (Å²) in [5, 5.41) is 11.9. The van der Waals surface area contributed by atoms with Crippen LogP contribution in [0.4, 0.5) is 0 Å². The van der Waals surface area contributed by atoms with E-state index in [0.29, 0.717) is 20.6 Å². The summed E-state index contributed by atoms with van der Waals surface area (Å²) < 4.78 is 1.86. The van der Waals surface area contributed by atoms with E-state index in [1.165, 1.54) is 27.6 Å². The fraction of sp³-hybridized carbons (Fsp3) is 0.267. The minimum atomic E-state index is -0.279. The molecule has 0 aliphatic carbocycles. The Hall–Kier alpha value is -2.06. The average Bonchev–Trinajstić information content (AvgIpc) is 2.95. The molecule has 0 bridgehead atoms. The van der Waals surface area contributed by atoms with Crippen LogP contribution in [0.15, 0.2) is 27.3 Å². The molecule has 2 heterocycles. The number of aromatic nitrogens is 4. The van der Waals surface area contributed by atoms with E-state index in [1.807, 2.05) is 32.0 Å². The topological polar surface area (TPSA) is 77.2 Å². The van der Waals surface area contributed by atoms with Gasteiger partial charge in [0.2, 0.25) is 4.96 Å². The number of benzene rings is 1. The van der Waals surface area contributed by atoms with Crippen LogP contribution in [0.25, 0.3) is 4.96 Å². The van der Waals surface area contributed by atoms with E-state index in [4.69, 9.17) is 0 Å². The standard InChI is InChI=1S/C15H14N4O2S2/c1-8-4-5-11(6-9(8)2)12(20)7-22-15-18-19-13(21)10(3)16-17-14(19)23-15/h4-6H,7H2,1-3H3. The number of rotatable bonds is 4. The molecule has 0 unspecified atom stereocenters. The molecular weight excluding hydrogens is 332 g/mol. The first-order chi connectivity index (χ1) is 11.0. The molecule has 0 N–H and O–H groups in total. The Labute approximate surface area is 140 Å². The SMILES string of the molecule is Cc1ccc(C(=O)CSc2nn3c(=O)c(C)nnc3s2)cc1C. The number of carbonyl (C=O) groups excluding carboxylic acids is 1. The number of thioether (sulfide) groups is 1. The highest BCUT2D eigenvalue weighted by Gasteiger charge is 2.13. The van der Waals surface area contributed by atoms with Crippen molar-refractivity contribution >= 4 is 33.8 Å². The predicted octanol–water partition coefficient (Wildman–Crippen LogP) is 2.45. The van der Waals surface area contributed by atoms with Crippen LogP contribution in [-0.2, 0) is 0 Å². The minimum absolute atomic E-state index is 0.0342. The van der Waals surface area contributed by atoms with Crippen LogP contribution in [-0.4, -0.2) is 31.3 Å². The summed E-state index contributed by atoms with van der Waals surface area (Å²) in [7, 11) is 0. The van der Waals surface area contributed by atoms with E-state index in [-0.39, 0.29) is 17.1 Å². The van der Waals surface area contributed by atoms with Crippen molar-refractivity contribution < 1.29 is 4.79 Å². The van der Waals surface area contributed by atoms with Gasteiger partial charge in [-0.15, -0.1) is 15.3 Å². The molecule has 0 spiro atoms. The van der Waals surface area contributed by atoms with Crippen LogP contribution >= 0.6 is 23.1 Å². The van der Waals surface area contributed by atoms with Gasteiger partial charge in [0, 0.05) is 5.56 Å². The van der Waals surface area contributed by atoms with Gasteiger partial charge in [-0.2, -0.15) is 4.52 Å². The van der Waals surface area contributed by atoms with Crippen molar-refractivity contribution in [1.29, 1.82) is 0 Å². The highest BCUT2D eigenvalue weighted by molar-refractivity contribution is 8.01. The summed E-state index contributed by atoms with van der Waals surface area (Å²) in [5.74, 6) is 0.302. The quantitative estimate of drug-likeness (QED) is 0.533. The van der Waals surface area contributed by atoms with Gasteiger partial charge in [0.05, 0.1) is 5.75 Å². The van der Waals surface area contributed by atoms with Crippen molar-refractivity contribution in [2.75, 3.05) is 5.75 Å². The monoisotopic (exact) mass is 346 g/mol. The zero-order valence-electron chi connectivity index (χ0n) is 12.9. The molecule has 0 aliphatic rings. The summed E-state index contributed by atoms with van der Waals surface area (Å²) in [6.07, 6.45) is 0. The molecule has 3 rings (SSSR count). The predicted molar refractivity (Wildman–Crippen MR) is 90.6 cm³/mol.